The molecular formula is C13H24N2O3. The Hall–Kier alpha value is -1.10. The van der Waals surface area contributed by atoms with Crippen molar-refractivity contribution in [3.05, 3.63) is 0 Å². The maximum Gasteiger partial charge on any atom is 0.305 e. The maximum atomic E-state index is 12.3. The number of aliphatic carboxylic acids is 1. The summed E-state index contributed by atoms with van der Waals surface area (Å²) < 4.78 is 0. The Labute approximate surface area is 109 Å². The summed E-state index contributed by atoms with van der Waals surface area (Å²) in [5.41, 5.74) is -0.172. The fraction of sp³-hybridized carbons (Fsp3) is 0.846. The summed E-state index contributed by atoms with van der Waals surface area (Å²) in [7, 11) is 1.75. The van der Waals surface area contributed by atoms with Gasteiger partial charge in [-0.25, -0.2) is 0 Å². The third-order valence-electron chi connectivity index (χ3n) is 3.68. The molecule has 1 aliphatic heterocycles. The van der Waals surface area contributed by atoms with Crippen LogP contribution >= 0.6 is 0 Å². The minimum absolute atomic E-state index is 0.0864. The SMILES string of the molecule is CC(C)N1C(CC(=O)O)C(=O)N(C)CCC1(C)C. The van der Waals surface area contributed by atoms with Crippen molar-refractivity contribution in [2.75, 3.05) is 13.6 Å². The highest BCUT2D eigenvalue weighted by Gasteiger charge is 2.42. The van der Waals surface area contributed by atoms with E-state index in [2.05, 4.69) is 13.8 Å². The van der Waals surface area contributed by atoms with E-state index in [-0.39, 0.29) is 23.9 Å². The van der Waals surface area contributed by atoms with E-state index < -0.39 is 12.0 Å². The first-order valence-corrected chi connectivity index (χ1v) is 6.42. The fourth-order valence-electron chi connectivity index (χ4n) is 2.89. The van der Waals surface area contributed by atoms with Crippen molar-refractivity contribution < 1.29 is 14.7 Å². The first-order chi connectivity index (χ1) is 8.16. The van der Waals surface area contributed by atoms with Gasteiger partial charge in [-0.1, -0.05) is 0 Å². The van der Waals surface area contributed by atoms with Gasteiger partial charge < -0.3 is 10.0 Å². The van der Waals surface area contributed by atoms with Gasteiger partial charge in [0.2, 0.25) is 5.91 Å². The van der Waals surface area contributed by atoms with Crippen molar-refractivity contribution >= 4 is 11.9 Å². The first kappa shape index (κ1) is 15.0. The van der Waals surface area contributed by atoms with Crippen molar-refractivity contribution in [2.24, 2.45) is 0 Å². The van der Waals surface area contributed by atoms with Crippen LogP contribution in [0.2, 0.25) is 0 Å². The van der Waals surface area contributed by atoms with E-state index in [1.54, 1.807) is 11.9 Å². The first-order valence-electron chi connectivity index (χ1n) is 6.42. The van der Waals surface area contributed by atoms with E-state index in [1.807, 2.05) is 18.7 Å². The zero-order valence-corrected chi connectivity index (χ0v) is 11.9. The van der Waals surface area contributed by atoms with Crippen LogP contribution in [-0.4, -0.2) is 58.0 Å². The topological polar surface area (TPSA) is 60.9 Å². The van der Waals surface area contributed by atoms with Crippen LogP contribution in [0.25, 0.3) is 0 Å². The molecule has 1 heterocycles. The third kappa shape index (κ3) is 3.02. The van der Waals surface area contributed by atoms with Gasteiger partial charge in [0.25, 0.3) is 0 Å². The fourth-order valence-corrected chi connectivity index (χ4v) is 2.89. The highest BCUT2D eigenvalue weighted by atomic mass is 16.4. The Balaban J connectivity index is 3.15. The van der Waals surface area contributed by atoms with Crippen molar-refractivity contribution in [3.8, 4) is 0 Å². The summed E-state index contributed by atoms with van der Waals surface area (Å²) in [6, 6.07) is -0.426. The number of amides is 1. The molecule has 0 saturated carbocycles. The summed E-state index contributed by atoms with van der Waals surface area (Å²) in [5, 5.41) is 9.03. The van der Waals surface area contributed by atoms with Gasteiger partial charge in [-0.2, -0.15) is 0 Å². The molecule has 0 bridgehead atoms. The number of hydrogen-bond donors (Lipinski definition) is 1. The number of carbonyl (C=O) groups excluding carboxylic acids is 1. The third-order valence-corrected chi connectivity index (χ3v) is 3.68. The Morgan fingerprint density at radius 1 is 1.50 bits per heavy atom. The van der Waals surface area contributed by atoms with Crippen LogP contribution in [0.5, 0.6) is 0 Å². The minimum atomic E-state index is -0.926. The lowest BCUT2D eigenvalue weighted by atomic mass is 9.94. The van der Waals surface area contributed by atoms with Gasteiger partial charge in [-0.3, -0.25) is 14.5 Å². The van der Waals surface area contributed by atoms with E-state index in [1.165, 1.54) is 0 Å². The molecule has 1 amide bonds. The van der Waals surface area contributed by atoms with Crippen LogP contribution < -0.4 is 0 Å². The van der Waals surface area contributed by atoms with E-state index in [9.17, 15) is 9.59 Å². The number of carboxylic acids is 1. The zero-order chi connectivity index (χ0) is 14.1. The number of carbonyl (C=O) groups is 2. The number of carboxylic acid groups (broad SMARTS) is 1. The number of rotatable bonds is 3. The van der Waals surface area contributed by atoms with Crippen LogP contribution in [0.3, 0.4) is 0 Å². The van der Waals surface area contributed by atoms with Crippen LogP contribution in [0.4, 0.5) is 0 Å². The van der Waals surface area contributed by atoms with Gasteiger partial charge in [0, 0.05) is 25.2 Å². The molecule has 0 aromatic rings. The second-order valence-electron chi connectivity index (χ2n) is 5.94. The zero-order valence-electron chi connectivity index (χ0n) is 11.9. The molecule has 0 spiro atoms. The molecule has 104 valence electrons. The molecule has 0 aromatic carbocycles. The molecular weight excluding hydrogens is 232 g/mol. The lowest BCUT2D eigenvalue weighted by molar-refractivity contribution is -0.146. The predicted molar refractivity (Wildman–Crippen MR) is 69.3 cm³/mol. The van der Waals surface area contributed by atoms with E-state index >= 15 is 0 Å². The Morgan fingerprint density at radius 3 is 2.50 bits per heavy atom. The highest BCUT2D eigenvalue weighted by molar-refractivity contribution is 5.86. The largest absolute Gasteiger partial charge is 0.481 e. The number of nitrogens with zero attached hydrogens (tertiary/aromatic N) is 2. The average Bonchev–Trinajstić information content (AvgIpc) is 2.28. The van der Waals surface area contributed by atoms with Crippen molar-refractivity contribution in [1.82, 2.24) is 9.80 Å². The molecule has 5 heteroatoms. The monoisotopic (exact) mass is 256 g/mol. The highest BCUT2D eigenvalue weighted by Crippen LogP contribution is 2.29. The smallest absolute Gasteiger partial charge is 0.305 e. The molecule has 1 fully saturated rings. The van der Waals surface area contributed by atoms with Crippen molar-refractivity contribution in [3.63, 3.8) is 0 Å². The molecule has 1 atom stereocenters. The van der Waals surface area contributed by atoms with Crippen LogP contribution in [-0.2, 0) is 9.59 Å². The van der Waals surface area contributed by atoms with Crippen LogP contribution in [0, 0.1) is 0 Å². The van der Waals surface area contributed by atoms with Gasteiger partial charge in [0.15, 0.2) is 0 Å². The second-order valence-corrected chi connectivity index (χ2v) is 5.94. The lowest BCUT2D eigenvalue weighted by Gasteiger charge is -2.43. The lowest BCUT2D eigenvalue weighted by Crippen LogP contribution is -2.56. The van der Waals surface area contributed by atoms with Crippen molar-refractivity contribution in [1.29, 1.82) is 0 Å². The molecule has 1 unspecified atom stereocenters. The second kappa shape index (κ2) is 5.26. The van der Waals surface area contributed by atoms with Gasteiger partial charge in [0.05, 0.1) is 6.42 Å². The molecule has 18 heavy (non-hydrogen) atoms. The van der Waals surface area contributed by atoms with Crippen LogP contribution in [0.1, 0.15) is 40.5 Å². The van der Waals surface area contributed by atoms with E-state index in [0.717, 1.165) is 6.42 Å². The summed E-state index contributed by atoms with van der Waals surface area (Å²) in [6.07, 6.45) is 0.717. The maximum absolute atomic E-state index is 12.3. The van der Waals surface area contributed by atoms with E-state index in [4.69, 9.17) is 5.11 Å². The van der Waals surface area contributed by atoms with Crippen LogP contribution in [0.15, 0.2) is 0 Å². The quantitative estimate of drug-likeness (QED) is 0.823. The Morgan fingerprint density at radius 2 is 2.06 bits per heavy atom. The van der Waals surface area contributed by atoms with E-state index in [0.29, 0.717) is 6.54 Å². The average molecular weight is 256 g/mol. The predicted octanol–water partition coefficient (Wildman–Crippen LogP) is 1.18. The summed E-state index contributed by atoms with van der Waals surface area (Å²) in [5.74, 6) is -1.01. The molecule has 5 nitrogen and oxygen atoms in total. The molecule has 0 radical (unpaired) electrons. The number of likely N-dealkylation sites (N-methyl/N-ethyl adjacent to an activating group) is 1. The number of hydrogen-bond acceptors (Lipinski definition) is 3. The van der Waals surface area contributed by atoms with Gasteiger partial charge in [-0.05, 0) is 34.1 Å². The Kier molecular flexibility index (Phi) is 4.37. The van der Waals surface area contributed by atoms with Crippen molar-refractivity contribution in [2.45, 2.75) is 58.2 Å². The molecule has 1 aliphatic rings. The standard InChI is InChI=1S/C13H24N2O3/c1-9(2)15-10(8-11(16)17)12(18)14(5)7-6-13(15,3)4/h9-10H,6-8H2,1-5H3,(H,16,17). The molecule has 1 N–H and O–H groups in total. The molecule has 0 aromatic heterocycles. The van der Waals surface area contributed by atoms with Gasteiger partial charge in [-0.15, -0.1) is 0 Å². The van der Waals surface area contributed by atoms with Gasteiger partial charge in [0.1, 0.15) is 6.04 Å². The molecule has 1 saturated heterocycles. The molecule has 1 rings (SSSR count). The summed E-state index contributed by atoms with van der Waals surface area (Å²) >= 11 is 0. The summed E-state index contributed by atoms with van der Waals surface area (Å²) in [4.78, 5) is 27.0. The summed E-state index contributed by atoms with van der Waals surface area (Å²) in [6.45, 7) is 8.85. The minimum Gasteiger partial charge on any atom is -0.481 e. The molecule has 0 aliphatic carbocycles. The van der Waals surface area contributed by atoms with Gasteiger partial charge >= 0.3 is 5.97 Å². The Bertz CT molecular complexity index is 339. The normalized spacial score (nSPS) is 25.3.